The summed E-state index contributed by atoms with van der Waals surface area (Å²) in [4.78, 5) is 16.4. The summed E-state index contributed by atoms with van der Waals surface area (Å²) < 4.78 is 0. The van der Waals surface area contributed by atoms with E-state index in [-0.39, 0.29) is 5.91 Å². The lowest BCUT2D eigenvalue weighted by Gasteiger charge is -2.37. The topological polar surface area (TPSA) is 35.6 Å². The number of nitrogens with zero attached hydrogens (tertiary/aromatic N) is 2. The number of hydrogen-bond donors (Lipinski definition) is 1. The minimum absolute atomic E-state index is 0.149. The zero-order chi connectivity index (χ0) is 15.4. The molecule has 0 aliphatic carbocycles. The molecular formula is C16H24ClN3O. The Morgan fingerprint density at radius 1 is 1.48 bits per heavy atom. The van der Waals surface area contributed by atoms with E-state index in [9.17, 15) is 4.79 Å². The van der Waals surface area contributed by atoms with E-state index in [0.717, 1.165) is 18.7 Å². The van der Waals surface area contributed by atoms with E-state index < -0.39 is 0 Å². The van der Waals surface area contributed by atoms with Crippen LogP contribution in [0.25, 0.3) is 0 Å². The van der Waals surface area contributed by atoms with E-state index in [0.29, 0.717) is 30.2 Å². The molecule has 2 rings (SSSR count). The largest absolute Gasteiger partial charge is 0.340 e. The molecule has 0 spiro atoms. The van der Waals surface area contributed by atoms with Gasteiger partial charge in [-0.05, 0) is 31.5 Å². The van der Waals surface area contributed by atoms with Crippen LogP contribution >= 0.6 is 11.6 Å². The Balaban J connectivity index is 1.90. The summed E-state index contributed by atoms with van der Waals surface area (Å²) in [6, 6.07) is 8.48. The second kappa shape index (κ2) is 7.25. The molecular weight excluding hydrogens is 286 g/mol. The third-order valence-corrected chi connectivity index (χ3v) is 4.20. The van der Waals surface area contributed by atoms with E-state index >= 15 is 0 Å². The fourth-order valence-corrected chi connectivity index (χ4v) is 2.82. The molecule has 21 heavy (non-hydrogen) atoms. The van der Waals surface area contributed by atoms with Crippen LogP contribution in [0, 0.1) is 0 Å². The smallest absolute Gasteiger partial charge is 0.236 e. The summed E-state index contributed by atoms with van der Waals surface area (Å²) in [5.41, 5.74) is 1.06. The number of halogens is 1. The molecule has 0 aromatic heterocycles. The van der Waals surface area contributed by atoms with Crippen LogP contribution in [0.2, 0.25) is 5.02 Å². The van der Waals surface area contributed by atoms with Crippen molar-refractivity contribution in [2.24, 2.45) is 0 Å². The van der Waals surface area contributed by atoms with E-state index in [4.69, 9.17) is 11.6 Å². The average Bonchev–Trinajstić information content (AvgIpc) is 2.43. The molecule has 116 valence electrons. The van der Waals surface area contributed by atoms with Crippen molar-refractivity contribution in [2.75, 3.05) is 26.7 Å². The van der Waals surface area contributed by atoms with Crippen LogP contribution in [0.15, 0.2) is 24.3 Å². The fraction of sp³-hybridized carbons (Fsp3) is 0.562. The normalized spacial score (nSPS) is 23.0. The van der Waals surface area contributed by atoms with Crippen molar-refractivity contribution in [3.63, 3.8) is 0 Å². The lowest BCUT2D eigenvalue weighted by molar-refractivity contribution is -0.132. The first-order valence-corrected chi connectivity index (χ1v) is 7.79. The number of likely N-dealkylation sites (N-methyl/N-ethyl adjacent to an activating group) is 1. The SMILES string of the molecule is CC1CN(CC(=O)N(C)Cc2cccc(Cl)c2)C(C)CN1. The first kappa shape index (κ1) is 16.3. The van der Waals surface area contributed by atoms with Gasteiger partial charge in [0.25, 0.3) is 0 Å². The molecule has 1 aliphatic heterocycles. The first-order chi connectivity index (χ1) is 9.95. The van der Waals surface area contributed by atoms with E-state index in [2.05, 4.69) is 24.1 Å². The van der Waals surface area contributed by atoms with Gasteiger partial charge in [-0.1, -0.05) is 23.7 Å². The highest BCUT2D eigenvalue weighted by Gasteiger charge is 2.25. The Kier molecular flexibility index (Phi) is 5.62. The first-order valence-electron chi connectivity index (χ1n) is 7.41. The van der Waals surface area contributed by atoms with Crippen molar-refractivity contribution < 1.29 is 4.79 Å². The van der Waals surface area contributed by atoms with Crippen LogP contribution in [0.3, 0.4) is 0 Å². The van der Waals surface area contributed by atoms with Crippen molar-refractivity contribution in [3.05, 3.63) is 34.9 Å². The summed E-state index contributed by atoms with van der Waals surface area (Å²) in [5.74, 6) is 0.149. The Hall–Kier alpha value is -1.10. The Labute approximate surface area is 132 Å². The molecule has 4 nitrogen and oxygen atoms in total. The van der Waals surface area contributed by atoms with Crippen molar-refractivity contribution in [3.8, 4) is 0 Å². The molecule has 1 aromatic carbocycles. The number of carbonyl (C=O) groups is 1. The van der Waals surface area contributed by atoms with Gasteiger partial charge in [-0.25, -0.2) is 0 Å². The Morgan fingerprint density at radius 3 is 2.95 bits per heavy atom. The predicted molar refractivity (Wildman–Crippen MR) is 86.4 cm³/mol. The highest BCUT2D eigenvalue weighted by atomic mass is 35.5. The van der Waals surface area contributed by atoms with E-state index in [1.807, 2.05) is 31.3 Å². The Morgan fingerprint density at radius 2 is 2.24 bits per heavy atom. The van der Waals surface area contributed by atoms with Crippen molar-refractivity contribution in [2.45, 2.75) is 32.5 Å². The van der Waals surface area contributed by atoms with Crippen molar-refractivity contribution >= 4 is 17.5 Å². The highest BCUT2D eigenvalue weighted by molar-refractivity contribution is 6.30. The van der Waals surface area contributed by atoms with Gasteiger partial charge in [0.1, 0.15) is 0 Å². The van der Waals surface area contributed by atoms with Crippen LogP contribution in [0.1, 0.15) is 19.4 Å². The Bertz CT molecular complexity index is 494. The number of piperazine rings is 1. The van der Waals surface area contributed by atoms with Gasteiger partial charge in [0.15, 0.2) is 0 Å². The molecule has 1 amide bonds. The van der Waals surface area contributed by atoms with Gasteiger partial charge in [-0.3, -0.25) is 9.69 Å². The predicted octanol–water partition coefficient (Wildman–Crippen LogP) is 1.98. The third kappa shape index (κ3) is 4.70. The summed E-state index contributed by atoms with van der Waals surface area (Å²) in [5, 5.41) is 4.14. The standard InChI is InChI=1S/C16H24ClN3O/c1-12-9-20(13(2)8-18-12)11-16(21)19(3)10-14-5-4-6-15(17)7-14/h4-7,12-13,18H,8-11H2,1-3H3. The molecule has 1 N–H and O–H groups in total. The average molecular weight is 310 g/mol. The maximum absolute atomic E-state index is 12.4. The van der Waals surface area contributed by atoms with Crippen molar-refractivity contribution in [1.82, 2.24) is 15.1 Å². The number of nitrogens with one attached hydrogen (secondary N) is 1. The summed E-state index contributed by atoms with van der Waals surface area (Å²) in [7, 11) is 1.85. The zero-order valence-electron chi connectivity index (χ0n) is 13.0. The van der Waals surface area contributed by atoms with Gasteiger partial charge < -0.3 is 10.2 Å². The molecule has 0 saturated carbocycles. The molecule has 5 heteroatoms. The second-order valence-electron chi connectivity index (χ2n) is 5.97. The number of carbonyl (C=O) groups excluding carboxylic acids is 1. The number of rotatable bonds is 4. The quantitative estimate of drug-likeness (QED) is 0.924. The molecule has 1 aromatic rings. The van der Waals surface area contributed by atoms with Gasteiger partial charge in [-0.2, -0.15) is 0 Å². The van der Waals surface area contributed by atoms with Gasteiger partial charge in [-0.15, -0.1) is 0 Å². The van der Waals surface area contributed by atoms with Crippen molar-refractivity contribution in [1.29, 1.82) is 0 Å². The summed E-state index contributed by atoms with van der Waals surface area (Å²) in [6.07, 6.45) is 0. The fourth-order valence-electron chi connectivity index (χ4n) is 2.61. The minimum Gasteiger partial charge on any atom is -0.340 e. The van der Waals surface area contributed by atoms with Gasteiger partial charge in [0.05, 0.1) is 6.54 Å². The molecule has 2 atom stereocenters. The summed E-state index contributed by atoms with van der Waals surface area (Å²) in [6.45, 7) is 7.23. The minimum atomic E-state index is 0.149. The van der Waals surface area contributed by atoms with E-state index in [1.54, 1.807) is 4.90 Å². The highest BCUT2D eigenvalue weighted by Crippen LogP contribution is 2.13. The van der Waals surface area contributed by atoms with Gasteiger partial charge in [0, 0.05) is 43.8 Å². The van der Waals surface area contributed by atoms with Gasteiger partial charge in [0.2, 0.25) is 5.91 Å². The molecule has 0 bridgehead atoms. The lowest BCUT2D eigenvalue weighted by atomic mass is 10.1. The third-order valence-electron chi connectivity index (χ3n) is 3.97. The maximum atomic E-state index is 12.4. The second-order valence-corrected chi connectivity index (χ2v) is 6.40. The number of amides is 1. The molecule has 1 heterocycles. The molecule has 2 unspecified atom stereocenters. The number of hydrogen-bond acceptors (Lipinski definition) is 3. The van der Waals surface area contributed by atoms with Gasteiger partial charge >= 0.3 is 0 Å². The van der Waals surface area contributed by atoms with Crippen LogP contribution in [0.5, 0.6) is 0 Å². The zero-order valence-corrected chi connectivity index (χ0v) is 13.7. The van der Waals surface area contributed by atoms with Crippen LogP contribution < -0.4 is 5.32 Å². The van der Waals surface area contributed by atoms with Crippen LogP contribution in [-0.2, 0) is 11.3 Å². The van der Waals surface area contributed by atoms with Crippen LogP contribution in [0.4, 0.5) is 0 Å². The molecule has 1 fully saturated rings. The number of benzene rings is 1. The maximum Gasteiger partial charge on any atom is 0.236 e. The van der Waals surface area contributed by atoms with E-state index in [1.165, 1.54) is 0 Å². The lowest BCUT2D eigenvalue weighted by Crippen LogP contribution is -2.56. The molecule has 0 radical (unpaired) electrons. The summed E-state index contributed by atoms with van der Waals surface area (Å²) >= 11 is 5.98. The molecule has 1 aliphatic rings. The monoisotopic (exact) mass is 309 g/mol. The van der Waals surface area contributed by atoms with Crippen LogP contribution in [-0.4, -0.2) is 54.5 Å². The molecule has 1 saturated heterocycles.